The summed E-state index contributed by atoms with van der Waals surface area (Å²) >= 11 is 7.08. The summed E-state index contributed by atoms with van der Waals surface area (Å²) in [5.74, 6) is 0. The van der Waals surface area contributed by atoms with Crippen molar-refractivity contribution in [3.05, 3.63) is 64.3 Å². The zero-order valence-corrected chi connectivity index (χ0v) is 14.9. The van der Waals surface area contributed by atoms with Crippen LogP contribution in [0.3, 0.4) is 0 Å². The number of halogens is 3. The molecule has 0 aliphatic carbocycles. The lowest BCUT2D eigenvalue weighted by molar-refractivity contribution is 1.18. The van der Waals surface area contributed by atoms with Crippen LogP contribution in [0.25, 0.3) is 0 Å². The molecule has 0 unspecified atom stereocenters. The van der Waals surface area contributed by atoms with E-state index >= 15 is 0 Å². The molecule has 0 atom stereocenters. The summed E-state index contributed by atoms with van der Waals surface area (Å²) in [5.41, 5.74) is 2.76. The Bertz CT molecular complexity index is 469. The molecule has 16 heavy (non-hydrogen) atoms. The second-order valence-corrected chi connectivity index (χ2v) is 7.32. The maximum absolute atomic E-state index is 2.37. The molecule has 0 fully saturated rings. The minimum atomic E-state index is 1.02. The Hall–Kier alpha value is 0.630. The Morgan fingerprint density at radius 3 is 1.75 bits per heavy atom. The summed E-state index contributed by atoms with van der Waals surface area (Å²) in [7, 11) is 0. The monoisotopic (exact) mass is 546 g/mol. The standard InChI is InChI=1S/C13H9I3/c14-11-3-1-9(2-4-11)5-10-6-12(15)8-13(16)7-10/h1-4,6-8H,5H2. The van der Waals surface area contributed by atoms with Crippen LogP contribution in [0.4, 0.5) is 0 Å². The molecule has 0 saturated heterocycles. The summed E-state index contributed by atoms with van der Waals surface area (Å²) in [6, 6.07) is 15.4. The van der Waals surface area contributed by atoms with Crippen molar-refractivity contribution in [2.75, 3.05) is 0 Å². The molecular weight excluding hydrogens is 537 g/mol. The third kappa shape index (κ3) is 3.83. The van der Waals surface area contributed by atoms with Crippen LogP contribution >= 0.6 is 67.8 Å². The molecule has 3 heteroatoms. The maximum atomic E-state index is 2.37. The second-order valence-electron chi connectivity index (χ2n) is 3.58. The van der Waals surface area contributed by atoms with Gasteiger partial charge in [0.05, 0.1) is 0 Å². The zero-order valence-electron chi connectivity index (χ0n) is 8.38. The summed E-state index contributed by atoms with van der Waals surface area (Å²) in [4.78, 5) is 0. The lowest BCUT2D eigenvalue weighted by atomic mass is 10.1. The van der Waals surface area contributed by atoms with E-state index in [0.29, 0.717) is 0 Å². The van der Waals surface area contributed by atoms with Crippen molar-refractivity contribution in [1.29, 1.82) is 0 Å². The highest BCUT2D eigenvalue weighted by Gasteiger charge is 1.99. The van der Waals surface area contributed by atoms with Gasteiger partial charge in [0, 0.05) is 10.7 Å². The van der Waals surface area contributed by atoms with Crippen molar-refractivity contribution in [2.24, 2.45) is 0 Å². The Kier molecular flexibility index (Phi) is 4.89. The summed E-state index contributed by atoms with van der Waals surface area (Å²) in [6.07, 6.45) is 1.02. The van der Waals surface area contributed by atoms with Crippen LogP contribution in [0.15, 0.2) is 42.5 Å². The fraction of sp³-hybridized carbons (Fsp3) is 0.0769. The van der Waals surface area contributed by atoms with E-state index in [-0.39, 0.29) is 0 Å². The van der Waals surface area contributed by atoms with E-state index in [1.807, 2.05) is 0 Å². The van der Waals surface area contributed by atoms with E-state index in [0.717, 1.165) is 6.42 Å². The van der Waals surface area contributed by atoms with Crippen LogP contribution < -0.4 is 0 Å². The van der Waals surface area contributed by atoms with Crippen LogP contribution in [0.1, 0.15) is 11.1 Å². The largest absolute Gasteiger partial charge is 0.0577 e. The fourth-order valence-corrected chi connectivity index (χ4v) is 3.98. The second kappa shape index (κ2) is 5.99. The Balaban J connectivity index is 2.23. The van der Waals surface area contributed by atoms with Crippen LogP contribution in [-0.2, 0) is 6.42 Å². The van der Waals surface area contributed by atoms with Gasteiger partial charge < -0.3 is 0 Å². The van der Waals surface area contributed by atoms with Crippen molar-refractivity contribution in [3.63, 3.8) is 0 Å². The molecule has 0 aliphatic heterocycles. The highest BCUT2D eigenvalue weighted by atomic mass is 127. The van der Waals surface area contributed by atoms with E-state index < -0.39 is 0 Å². The van der Waals surface area contributed by atoms with Crippen LogP contribution in [0, 0.1) is 10.7 Å². The minimum Gasteiger partial charge on any atom is -0.0577 e. The fourth-order valence-electron chi connectivity index (χ4n) is 1.55. The van der Waals surface area contributed by atoms with Gasteiger partial charge in [0.2, 0.25) is 0 Å². The van der Waals surface area contributed by atoms with Gasteiger partial charge in [-0.1, -0.05) is 12.1 Å². The lowest BCUT2D eigenvalue weighted by Crippen LogP contribution is -1.90. The van der Waals surface area contributed by atoms with Gasteiger partial charge in [0.25, 0.3) is 0 Å². The molecule has 0 aromatic heterocycles. The molecule has 0 aliphatic rings. The summed E-state index contributed by atoms with van der Waals surface area (Å²) in [5, 5.41) is 0. The van der Waals surface area contributed by atoms with Gasteiger partial charge in [-0.3, -0.25) is 0 Å². The molecule has 2 rings (SSSR count). The number of benzene rings is 2. The molecule has 0 saturated carbocycles. The predicted octanol–water partition coefficient (Wildman–Crippen LogP) is 5.09. The highest BCUT2D eigenvalue weighted by molar-refractivity contribution is 14.1. The smallest absolute Gasteiger partial charge is 0.0143 e. The first-order valence-corrected chi connectivity index (χ1v) is 8.06. The molecule has 0 heterocycles. The Morgan fingerprint density at radius 2 is 1.19 bits per heavy atom. The Labute approximate surface area is 137 Å². The van der Waals surface area contributed by atoms with E-state index in [1.165, 1.54) is 21.8 Å². The van der Waals surface area contributed by atoms with Gasteiger partial charge in [0.15, 0.2) is 0 Å². The SMILES string of the molecule is Ic1ccc(Cc2cc(I)cc(I)c2)cc1. The van der Waals surface area contributed by atoms with Gasteiger partial charge in [-0.25, -0.2) is 0 Å². The van der Waals surface area contributed by atoms with Crippen molar-refractivity contribution in [1.82, 2.24) is 0 Å². The normalized spacial score (nSPS) is 10.4. The van der Waals surface area contributed by atoms with E-state index in [2.05, 4.69) is 110 Å². The number of rotatable bonds is 2. The van der Waals surface area contributed by atoms with Gasteiger partial charge in [0.1, 0.15) is 0 Å². The topological polar surface area (TPSA) is 0 Å². The first kappa shape index (κ1) is 13.1. The number of hydrogen-bond acceptors (Lipinski definition) is 0. The first-order valence-electron chi connectivity index (χ1n) is 4.83. The van der Waals surface area contributed by atoms with E-state index in [1.54, 1.807) is 0 Å². The van der Waals surface area contributed by atoms with Gasteiger partial charge in [-0.2, -0.15) is 0 Å². The molecule has 2 aromatic rings. The van der Waals surface area contributed by atoms with Crippen molar-refractivity contribution in [3.8, 4) is 0 Å². The molecule has 82 valence electrons. The van der Waals surface area contributed by atoms with Crippen LogP contribution in [-0.4, -0.2) is 0 Å². The average Bonchev–Trinajstić information content (AvgIpc) is 2.20. The van der Waals surface area contributed by atoms with Crippen molar-refractivity contribution < 1.29 is 0 Å². The van der Waals surface area contributed by atoms with Gasteiger partial charge >= 0.3 is 0 Å². The molecule has 0 bridgehead atoms. The van der Waals surface area contributed by atoms with Gasteiger partial charge in [-0.05, 0) is 116 Å². The predicted molar refractivity (Wildman–Crippen MR) is 93.8 cm³/mol. The molecule has 0 spiro atoms. The van der Waals surface area contributed by atoms with Crippen LogP contribution in [0.5, 0.6) is 0 Å². The summed E-state index contributed by atoms with van der Waals surface area (Å²) < 4.78 is 3.91. The number of hydrogen-bond donors (Lipinski definition) is 0. The summed E-state index contributed by atoms with van der Waals surface area (Å²) in [6.45, 7) is 0. The maximum Gasteiger partial charge on any atom is 0.0143 e. The third-order valence-electron chi connectivity index (χ3n) is 2.24. The zero-order chi connectivity index (χ0) is 11.5. The Morgan fingerprint density at radius 1 is 0.625 bits per heavy atom. The molecule has 0 nitrogen and oxygen atoms in total. The van der Waals surface area contributed by atoms with E-state index in [4.69, 9.17) is 0 Å². The quantitative estimate of drug-likeness (QED) is 0.461. The average molecular weight is 546 g/mol. The lowest BCUT2D eigenvalue weighted by Gasteiger charge is -2.04. The van der Waals surface area contributed by atoms with E-state index in [9.17, 15) is 0 Å². The highest BCUT2D eigenvalue weighted by Crippen LogP contribution is 2.18. The molecular formula is C13H9I3. The van der Waals surface area contributed by atoms with Crippen molar-refractivity contribution in [2.45, 2.75) is 6.42 Å². The molecule has 2 aromatic carbocycles. The van der Waals surface area contributed by atoms with Gasteiger partial charge in [-0.15, -0.1) is 0 Å². The third-order valence-corrected chi connectivity index (χ3v) is 4.21. The molecule has 0 amide bonds. The van der Waals surface area contributed by atoms with Crippen LogP contribution in [0.2, 0.25) is 0 Å². The molecule has 0 radical (unpaired) electrons. The minimum absolute atomic E-state index is 1.02. The first-order chi connectivity index (χ1) is 7.63. The molecule has 0 N–H and O–H groups in total. The van der Waals surface area contributed by atoms with Crippen molar-refractivity contribution >= 4 is 67.8 Å².